The second-order valence-electron chi connectivity index (χ2n) is 3.38. The lowest BCUT2D eigenvalue weighted by molar-refractivity contribution is -0.120. The van der Waals surface area contributed by atoms with Crippen molar-refractivity contribution >= 4 is 21.8 Å². The van der Waals surface area contributed by atoms with Gasteiger partial charge in [0.15, 0.2) is 0 Å². The molecule has 1 unspecified atom stereocenters. The van der Waals surface area contributed by atoms with Gasteiger partial charge in [-0.3, -0.25) is 4.79 Å². The number of amides is 1. The molecule has 0 fully saturated rings. The number of carbonyl (C=O) groups excluding carboxylic acids is 1. The Hall–Kier alpha value is -1.07. The molecule has 1 atom stereocenters. The molecule has 0 spiro atoms. The predicted octanol–water partition coefficient (Wildman–Crippen LogP) is 1.59. The molecule has 0 saturated heterocycles. The van der Waals surface area contributed by atoms with Crippen LogP contribution >= 0.6 is 15.9 Å². The zero-order valence-corrected chi connectivity index (χ0v) is 10.9. The van der Waals surface area contributed by atoms with Crippen LogP contribution in [-0.2, 0) is 4.79 Å². The molecule has 1 rings (SSSR count). The Labute approximate surface area is 103 Å². The molecular formula is C11H15BrN2O2. The zero-order valence-electron chi connectivity index (χ0n) is 9.29. The molecule has 0 radical (unpaired) electrons. The third kappa shape index (κ3) is 3.21. The summed E-state index contributed by atoms with van der Waals surface area (Å²) in [5.41, 5.74) is 6.16. The lowest BCUT2D eigenvalue weighted by atomic mass is 10.1. The molecule has 0 aliphatic heterocycles. The Balaban J connectivity index is 2.92. The number of rotatable bonds is 4. The van der Waals surface area contributed by atoms with Crippen molar-refractivity contribution in [1.29, 1.82) is 0 Å². The lowest BCUT2D eigenvalue weighted by Gasteiger charge is -2.17. The summed E-state index contributed by atoms with van der Waals surface area (Å²) in [5.74, 6) is 0.558. The number of hydrogen-bond donors (Lipinski definition) is 2. The fourth-order valence-electron chi connectivity index (χ4n) is 1.42. The highest BCUT2D eigenvalue weighted by Crippen LogP contribution is 2.28. The van der Waals surface area contributed by atoms with Crippen molar-refractivity contribution in [3.8, 4) is 5.75 Å². The molecule has 88 valence electrons. The number of benzene rings is 1. The van der Waals surface area contributed by atoms with Crippen molar-refractivity contribution in [3.63, 3.8) is 0 Å². The Bertz CT molecular complexity index is 382. The van der Waals surface area contributed by atoms with Gasteiger partial charge in [-0.15, -0.1) is 0 Å². The van der Waals surface area contributed by atoms with E-state index < -0.39 is 0 Å². The van der Waals surface area contributed by atoms with Crippen LogP contribution in [0.3, 0.4) is 0 Å². The van der Waals surface area contributed by atoms with E-state index in [0.717, 1.165) is 15.8 Å². The highest BCUT2D eigenvalue weighted by molar-refractivity contribution is 9.10. The number of ether oxygens (including phenoxy) is 1. The first-order valence-electron chi connectivity index (χ1n) is 4.91. The normalized spacial score (nSPS) is 12.0. The Morgan fingerprint density at radius 3 is 2.88 bits per heavy atom. The van der Waals surface area contributed by atoms with Crippen LogP contribution in [0.2, 0.25) is 0 Å². The average molecular weight is 287 g/mol. The summed E-state index contributed by atoms with van der Waals surface area (Å²) in [6, 6.07) is 5.52. The highest BCUT2D eigenvalue weighted by Gasteiger charge is 2.13. The minimum Gasteiger partial charge on any atom is -0.496 e. The average Bonchev–Trinajstić information content (AvgIpc) is 2.28. The van der Waals surface area contributed by atoms with Crippen molar-refractivity contribution in [2.75, 3.05) is 13.7 Å². The van der Waals surface area contributed by atoms with Gasteiger partial charge in [0.1, 0.15) is 5.75 Å². The third-order valence-electron chi connectivity index (χ3n) is 2.22. The fourth-order valence-corrected chi connectivity index (χ4v) is 1.80. The van der Waals surface area contributed by atoms with Gasteiger partial charge in [-0.25, -0.2) is 0 Å². The molecule has 0 saturated carbocycles. The Morgan fingerprint density at radius 1 is 1.62 bits per heavy atom. The number of hydrogen-bond acceptors (Lipinski definition) is 3. The van der Waals surface area contributed by atoms with Gasteiger partial charge >= 0.3 is 0 Å². The minimum absolute atomic E-state index is 0.0132. The van der Waals surface area contributed by atoms with E-state index in [9.17, 15) is 4.79 Å². The van der Waals surface area contributed by atoms with Crippen molar-refractivity contribution in [2.24, 2.45) is 5.73 Å². The summed E-state index contributed by atoms with van der Waals surface area (Å²) in [6.45, 7) is 1.87. The van der Waals surface area contributed by atoms with Gasteiger partial charge in [0, 0.05) is 10.0 Å². The monoisotopic (exact) mass is 286 g/mol. The zero-order chi connectivity index (χ0) is 12.1. The van der Waals surface area contributed by atoms with Crippen LogP contribution in [0.25, 0.3) is 0 Å². The van der Waals surface area contributed by atoms with Gasteiger partial charge in [0.25, 0.3) is 0 Å². The summed E-state index contributed by atoms with van der Waals surface area (Å²) in [5, 5.41) is 2.78. The van der Waals surface area contributed by atoms with Gasteiger partial charge in [0.05, 0.1) is 19.7 Å². The first-order chi connectivity index (χ1) is 7.58. The fraction of sp³-hybridized carbons (Fsp3) is 0.364. The van der Waals surface area contributed by atoms with Gasteiger partial charge < -0.3 is 15.8 Å². The molecule has 16 heavy (non-hydrogen) atoms. The topological polar surface area (TPSA) is 64.3 Å². The first kappa shape index (κ1) is 13.0. The maximum Gasteiger partial charge on any atom is 0.234 e. The van der Waals surface area contributed by atoms with Gasteiger partial charge in [-0.2, -0.15) is 0 Å². The quantitative estimate of drug-likeness (QED) is 0.884. The molecular weight excluding hydrogens is 272 g/mol. The SMILES string of the molecule is COc1ccc(Br)cc1C(C)NC(=O)CN. The van der Waals surface area contributed by atoms with Gasteiger partial charge in [0.2, 0.25) is 5.91 Å². The molecule has 3 N–H and O–H groups in total. The largest absolute Gasteiger partial charge is 0.496 e. The smallest absolute Gasteiger partial charge is 0.234 e. The van der Waals surface area contributed by atoms with E-state index in [2.05, 4.69) is 21.2 Å². The molecule has 0 bridgehead atoms. The maximum atomic E-state index is 11.2. The standard InChI is InChI=1S/C11H15BrN2O2/c1-7(14-11(15)6-13)9-5-8(12)3-4-10(9)16-2/h3-5,7H,6,13H2,1-2H3,(H,14,15). The minimum atomic E-state index is -0.186. The molecule has 4 nitrogen and oxygen atoms in total. The number of nitrogens with two attached hydrogens (primary N) is 1. The Kier molecular flexibility index (Phi) is 4.76. The van der Waals surface area contributed by atoms with Crippen molar-refractivity contribution in [1.82, 2.24) is 5.32 Å². The first-order valence-corrected chi connectivity index (χ1v) is 5.70. The van der Waals surface area contributed by atoms with E-state index in [4.69, 9.17) is 10.5 Å². The highest BCUT2D eigenvalue weighted by atomic mass is 79.9. The van der Waals surface area contributed by atoms with E-state index in [1.807, 2.05) is 25.1 Å². The van der Waals surface area contributed by atoms with Crippen LogP contribution in [0, 0.1) is 0 Å². The van der Waals surface area contributed by atoms with Crippen LogP contribution in [0.1, 0.15) is 18.5 Å². The Morgan fingerprint density at radius 2 is 2.31 bits per heavy atom. The van der Waals surface area contributed by atoms with Crippen molar-refractivity contribution < 1.29 is 9.53 Å². The van der Waals surface area contributed by atoms with Crippen LogP contribution in [0.15, 0.2) is 22.7 Å². The van der Waals surface area contributed by atoms with Crippen LogP contribution in [0.5, 0.6) is 5.75 Å². The van der Waals surface area contributed by atoms with Crippen molar-refractivity contribution in [2.45, 2.75) is 13.0 Å². The number of carbonyl (C=O) groups is 1. The second kappa shape index (κ2) is 5.86. The third-order valence-corrected chi connectivity index (χ3v) is 2.71. The summed E-state index contributed by atoms with van der Waals surface area (Å²) < 4.78 is 6.18. The summed E-state index contributed by atoms with van der Waals surface area (Å²) in [6.07, 6.45) is 0. The van der Waals surface area contributed by atoms with Crippen LogP contribution in [0.4, 0.5) is 0 Å². The molecule has 5 heteroatoms. The van der Waals surface area contributed by atoms with Gasteiger partial charge in [-0.1, -0.05) is 15.9 Å². The van der Waals surface area contributed by atoms with Crippen LogP contribution < -0.4 is 15.8 Å². The van der Waals surface area contributed by atoms with E-state index >= 15 is 0 Å². The lowest BCUT2D eigenvalue weighted by Crippen LogP contribution is -2.32. The number of nitrogens with one attached hydrogen (secondary N) is 1. The molecule has 1 aromatic carbocycles. The number of halogens is 1. The van der Waals surface area contributed by atoms with E-state index in [1.165, 1.54) is 0 Å². The maximum absolute atomic E-state index is 11.2. The van der Waals surface area contributed by atoms with Crippen molar-refractivity contribution in [3.05, 3.63) is 28.2 Å². The van der Waals surface area contributed by atoms with E-state index in [1.54, 1.807) is 7.11 Å². The molecule has 0 aliphatic carbocycles. The molecule has 0 aliphatic rings. The van der Waals surface area contributed by atoms with E-state index in [-0.39, 0.29) is 18.5 Å². The number of methoxy groups -OCH3 is 1. The van der Waals surface area contributed by atoms with Gasteiger partial charge in [-0.05, 0) is 25.1 Å². The molecule has 1 amide bonds. The summed E-state index contributed by atoms with van der Waals surface area (Å²) in [7, 11) is 1.60. The molecule has 0 heterocycles. The summed E-state index contributed by atoms with van der Waals surface area (Å²) in [4.78, 5) is 11.2. The van der Waals surface area contributed by atoms with E-state index in [0.29, 0.717) is 0 Å². The predicted molar refractivity (Wildman–Crippen MR) is 66.3 cm³/mol. The van der Waals surface area contributed by atoms with Crippen LogP contribution in [-0.4, -0.2) is 19.6 Å². The summed E-state index contributed by atoms with van der Waals surface area (Å²) >= 11 is 3.38. The molecule has 0 aromatic heterocycles. The second-order valence-corrected chi connectivity index (χ2v) is 4.30. The molecule has 1 aromatic rings.